The van der Waals surface area contributed by atoms with Gasteiger partial charge in [0.2, 0.25) is 5.91 Å². The van der Waals surface area contributed by atoms with Crippen molar-refractivity contribution >= 4 is 23.2 Å². The number of carbonyl (C=O) groups is 2. The van der Waals surface area contributed by atoms with Crippen molar-refractivity contribution < 1.29 is 32.2 Å². The SMILES string of the molecule is O=C(COc1cccc(OCC(F)(F)F)c1)Nc1cccc(N2CCCC2=O)c1. The molecule has 0 radical (unpaired) electrons. The third-order valence-corrected chi connectivity index (χ3v) is 4.09. The van der Waals surface area contributed by atoms with Crippen LogP contribution in [0.5, 0.6) is 11.5 Å². The van der Waals surface area contributed by atoms with Crippen LogP contribution in [-0.2, 0) is 9.59 Å². The van der Waals surface area contributed by atoms with E-state index in [0.29, 0.717) is 24.3 Å². The number of benzene rings is 2. The molecule has 1 aliphatic rings. The molecule has 0 unspecified atom stereocenters. The summed E-state index contributed by atoms with van der Waals surface area (Å²) < 4.78 is 46.6. The number of hydrogen-bond donors (Lipinski definition) is 1. The Bertz CT molecular complexity index is 886. The Balaban J connectivity index is 1.53. The lowest BCUT2D eigenvalue weighted by Crippen LogP contribution is -2.24. The van der Waals surface area contributed by atoms with Crippen LogP contribution in [0.2, 0.25) is 0 Å². The highest BCUT2D eigenvalue weighted by atomic mass is 19.4. The van der Waals surface area contributed by atoms with Crippen molar-refractivity contribution in [3.63, 3.8) is 0 Å². The molecule has 1 saturated heterocycles. The first kappa shape index (κ1) is 20.5. The quantitative estimate of drug-likeness (QED) is 0.757. The molecule has 154 valence electrons. The van der Waals surface area contributed by atoms with Gasteiger partial charge in [-0.25, -0.2) is 0 Å². The van der Waals surface area contributed by atoms with E-state index >= 15 is 0 Å². The lowest BCUT2D eigenvalue weighted by Gasteiger charge is -2.17. The van der Waals surface area contributed by atoms with E-state index in [2.05, 4.69) is 10.1 Å². The number of halogens is 3. The predicted octanol–water partition coefficient (Wildman–Crippen LogP) is 3.77. The second kappa shape index (κ2) is 8.85. The van der Waals surface area contributed by atoms with E-state index in [1.807, 2.05) is 0 Å². The Morgan fingerprint density at radius 1 is 1.07 bits per heavy atom. The molecule has 0 spiro atoms. The fraction of sp³-hybridized carbons (Fsp3) is 0.300. The molecule has 3 rings (SSSR count). The van der Waals surface area contributed by atoms with Gasteiger partial charge in [-0.05, 0) is 36.8 Å². The van der Waals surface area contributed by atoms with Crippen LogP contribution < -0.4 is 19.7 Å². The maximum Gasteiger partial charge on any atom is 0.422 e. The number of hydrogen-bond acceptors (Lipinski definition) is 4. The van der Waals surface area contributed by atoms with Crippen molar-refractivity contribution in [3.05, 3.63) is 48.5 Å². The molecule has 1 heterocycles. The van der Waals surface area contributed by atoms with Gasteiger partial charge in [0.05, 0.1) is 0 Å². The number of anilines is 2. The summed E-state index contributed by atoms with van der Waals surface area (Å²) in [6, 6.07) is 12.5. The number of alkyl halides is 3. The second-order valence-electron chi connectivity index (χ2n) is 6.41. The molecule has 2 amide bonds. The molecule has 6 nitrogen and oxygen atoms in total. The lowest BCUT2D eigenvalue weighted by atomic mass is 10.2. The summed E-state index contributed by atoms with van der Waals surface area (Å²) >= 11 is 0. The van der Waals surface area contributed by atoms with Gasteiger partial charge in [-0.15, -0.1) is 0 Å². The van der Waals surface area contributed by atoms with Gasteiger partial charge in [0, 0.05) is 30.4 Å². The van der Waals surface area contributed by atoms with Gasteiger partial charge in [0.1, 0.15) is 11.5 Å². The monoisotopic (exact) mass is 408 g/mol. The minimum Gasteiger partial charge on any atom is -0.484 e. The summed E-state index contributed by atoms with van der Waals surface area (Å²) in [6.07, 6.45) is -3.13. The number of amides is 2. The number of ether oxygens (including phenoxy) is 2. The summed E-state index contributed by atoms with van der Waals surface area (Å²) in [6.45, 7) is -1.10. The number of carbonyl (C=O) groups excluding carboxylic acids is 2. The summed E-state index contributed by atoms with van der Waals surface area (Å²) in [5.74, 6) is -0.208. The molecule has 2 aromatic carbocycles. The topological polar surface area (TPSA) is 67.9 Å². The van der Waals surface area contributed by atoms with Crippen molar-refractivity contribution in [3.8, 4) is 11.5 Å². The van der Waals surface area contributed by atoms with Gasteiger partial charge in [-0.2, -0.15) is 13.2 Å². The van der Waals surface area contributed by atoms with Crippen LogP contribution in [0.3, 0.4) is 0 Å². The van der Waals surface area contributed by atoms with Crippen molar-refractivity contribution in [2.75, 3.05) is 30.0 Å². The van der Waals surface area contributed by atoms with E-state index in [4.69, 9.17) is 4.74 Å². The molecular formula is C20H19F3N2O4. The first-order chi connectivity index (χ1) is 13.8. The average molecular weight is 408 g/mol. The summed E-state index contributed by atoms with van der Waals surface area (Å²) in [4.78, 5) is 25.6. The third-order valence-electron chi connectivity index (χ3n) is 4.09. The summed E-state index contributed by atoms with van der Waals surface area (Å²) in [5.41, 5.74) is 1.22. The van der Waals surface area contributed by atoms with Gasteiger partial charge in [0.25, 0.3) is 5.91 Å². The first-order valence-electron chi connectivity index (χ1n) is 8.93. The third kappa shape index (κ3) is 6.13. The highest BCUT2D eigenvalue weighted by Crippen LogP contribution is 2.25. The predicted molar refractivity (Wildman–Crippen MR) is 100 cm³/mol. The van der Waals surface area contributed by atoms with Gasteiger partial charge < -0.3 is 19.7 Å². The van der Waals surface area contributed by atoms with Crippen LogP contribution >= 0.6 is 0 Å². The minimum atomic E-state index is -4.44. The zero-order chi connectivity index (χ0) is 20.9. The Labute approximate surface area is 165 Å². The normalized spacial score (nSPS) is 14.0. The Kier molecular flexibility index (Phi) is 6.26. The first-order valence-corrected chi connectivity index (χ1v) is 8.93. The van der Waals surface area contributed by atoms with Crippen molar-refractivity contribution in [2.24, 2.45) is 0 Å². The molecule has 1 aliphatic heterocycles. The molecule has 2 aromatic rings. The lowest BCUT2D eigenvalue weighted by molar-refractivity contribution is -0.153. The van der Waals surface area contributed by atoms with E-state index < -0.39 is 18.7 Å². The fourth-order valence-electron chi connectivity index (χ4n) is 2.84. The van der Waals surface area contributed by atoms with Gasteiger partial charge in [0.15, 0.2) is 13.2 Å². The molecule has 9 heteroatoms. The molecule has 29 heavy (non-hydrogen) atoms. The standard InChI is InChI=1S/C20H19F3N2O4/c21-20(22,23)13-29-17-7-2-6-16(11-17)28-12-18(26)24-14-4-1-5-15(10-14)25-9-3-8-19(25)27/h1-2,4-7,10-11H,3,8-9,12-13H2,(H,24,26). The van der Waals surface area contributed by atoms with E-state index in [1.54, 1.807) is 29.2 Å². The largest absolute Gasteiger partial charge is 0.484 e. The van der Waals surface area contributed by atoms with Crippen LogP contribution in [0.1, 0.15) is 12.8 Å². The highest BCUT2D eigenvalue weighted by molar-refractivity contribution is 5.97. The molecule has 0 aromatic heterocycles. The number of nitrogens with zero attached hydrogens (tertiary/aromatic N) is 1. The van der Waals surface area contributed by atoms with Crippen LogP contribution in [0, 0.1) is 0 Å². The highest BCUT2D eigenvalue weighted by Gasteiger charge is 2.28. The zero-order valence-electron chi connectivity index (χ0n) is 15.4. The molecule has 0 saturated carbocycles. The Hall–Kier alpha value is -3.23. The van der Waals surface area contributed by atoms with Crippen molar-refractivity contribution in [1.29, 1.82) is 0 Å². The minimum absolute atomic E-state index is 0.0109. The Morgan fingerprint density at radius 2 is 1.79 bits per heavy atom. The molecule has 0 aliphatic carbocycles. The van der Waals surface area contributed by atoms with Gasteiger partial charge in [-0.3, -0.25) is 9.59 Å². The molecule has 0 bridgehead atoms. The van der Waals surface area contributed by atoms with Crippen molar-refractivity contribution in [1.82, 2.24) is 0 Å². The number of rotatable bonds is 7. The second-order valence-corrected chi connectivity index (χ2v) is 6.41. The van der Waals surface area contributed by atoms with E-state index in [-0.39, 0.29) is 24.0 Å². The van der Waals surface area contributed by atoms with E-state index in [1.165, 1.54) is 24.3 Å². The fourth-order valence-corrected chi connectivity index (χ4v) is 2.84. The van der Waals surface area contributed by atoms with Gasteiger partial charge in [-0.1, -0.05) is 12.1 Å². The maximum atomic E-state index is 12.2. The average Bonchev–Trinajstić information content (AvgIpc) is 3.11. The molecule has 1 fully saturated rings. The van der Waals surface area contributed by atoms with Crippen LogP contribution in [-0.4, -0.2) is 37.7 Å². The van der Waals surface area contributed by atoms with Crippen molar-refractivity contribution in [2.45, 2.75) is 19.0 Å². The van der Waals surface area contributed by atoms with Crippen LogP contribution in [0.15, 0.2) is 48.5 Å². The molecular weight excluding hydrogens is 389 g/mol. The van der Waals surface area contributed by atoms with E-state index in [0.717, 1.165) is 6.42 Å². The van der Waals surface area contributed by atoms with E-state index in [9.17, 15) is 22.8 Å². The number of nitrogens with one attached hydrogen (secondary N) is 1. The Morgan fingerprint density at radius 3 is 2.48 bits per heavy atom. The summed E-state index contributed by atoms with van der Waals surface area (Å²) in [5, 5.41) is 2.67. The summed E-state index contributed by atoms with van der Waals surface area (Å²) in [7, 11) is 0. The van der Waals surface area contributed by atoms with Crippen LogP contribution in [0.4, 0.5) is 24.5 Å². The maximum absolute atomic E-state index is 12.2. The smallest absolute Gasteiger partial charge is 0.422 e. The van der Waals surface area contributed by atoms with Crippen LogP contribution in [0.25, 0.3) is 0 Å². The molecule has 1 N–H and O–H groups in total. The zero-order valence-corrected chi connectivity index (χ0v) is 15.4. The molecule has 0 atom stereocenters. The van der Waals surface area contributed by atoms with Gasteiger partial charge >= 0.3 is 6.18 Å².